The largest absolute Gasteiger partial charge is 0.496 e. The fourth-order valence-electron chi connectivity index (χ4n) is 2.50. The minimum atomic E-state index is -0.143. The maximum Gasteiger partial charge on any atom is 0.123 e. The molecule has 1 rings (SSSR count). The number of hydrogen-bond donors (Lipinski definition) is 1. The molecule has 0 aliphatic carbocycles. The quantitative estimate of drug-likeness (QED) is 0.885. The van der Waals surface area contributed by atoms with Gasteiger partial charge in [-0.25, -0.2) is 0 Å². The van der Waals surface area contributed by atoms with Crippen LogP contribution in [0.2, 0.25) is 0 Å². The average molecular weight is 260 g/mol. The van der Waals surface area contributed by atoms with Crippen LogP contribution in [-0.2, 0) is 5.41 Å². The van der Waals surface area contributed by atoms with Gasteiger partial charge in [-0.05, 0) is 38.0 Å². The fourth-order valence-corrected chi connectivity index (χ4v) is 2.50. The zero-order valence-corrected chi connectivity index (χ0v) is 12.8. The Morgan fingerprint density at radius 1 is 1.37 bits per heavy atom. The van der Waals surface area contributed by atoms with E-state index in [9.17, 15) is 0 Å². The summed E-state index contributed by atoms with van der Waals surface area (Å²) in [6.45, 7) is 11.1. The van der Waals surface area contributed by atoms with Crippen LogP contribution in [0.5, 0.6) is 5.75 Å². The third kappa shape index (κ3) is 3.71. The van der Waals surface area contributed by atoms with Gasteiger partial charge in [0, 0.05) is 17.5 Å². The zero-order valence-electron chi connectivity index (χ0n) is 12.8. The van der Waals surface area contributed by atoms with Crippen molar-refractivity contribution in [3.05, 3.63) is 28.8 Å². The number of nitrogens with one attached hydrogen (secondary N) is 1. The molecular formula is C16H24N2O. The van der Waals surface area contributed by atoms with Crippen molar-refractivity contribution in [1.29, 1.82) is 5.26 Å². The van der Waals surface area contributed by atoms with Gasteiger partial charge in [0.25, 0.3) is 0 Å². The van der Waals surface area contributed by atoms with E-state index in [2.05, 4.69) is 51.2 Å². The molecule has 19 heavy (non-hydrogen) atoms. The van der Waals surface area contributed by atoms with Crippen LogP contribution in [0, 0.1) is 25.2 Å². The monoisotopic (exact) mass is 260 g/mol. The second-order valence-electron chi connectivity index (χ2n) is 5.77. The maximum absolute atomic E-state index is 8.86. The predicted octanol–water partition coefficient (Wildman–Crippen LogP) is 3.09. The summed E-state index contributed by atoms with van der Waals surface area (Å²) >= 11 is 0. The number of nitriles is 1. The van der Waals surface area contributed by atoms with Crippen LogP contribution >= 0.6 is 0 Å². The summed E-state index contributed by atoms with van der Waals surface area (Å²) in [5.74, 6) is 0.925. The van der Waals surface area contributed by atoms with Crippen molar-refractivity contribution in [3.8, 4) is 11.8 Å². The molecule has 1 atom stereocenters. The highest BCUT2D eigenvalue weighted by atomic mass is 16.5. The van der Waals surface area contributed by atoms with E-state index in [4.69, 9.17) is 10.00 Å². The summed E-state index contributed by atoms with van der Waals surface area (Å²) in [5, 5.41) is 12.1. The van der Waals surface area contributed by atoms with E-state index in [0.29, 0.717) is 0 Å². The molecular weight excluding hydrogens is 236 g/mol. The highest BCUT2D eigenvalue weighted by Gasteiger charge is 2.27. The van der Waals surface area contributed by atoms with Gasteiger partial charge >= 0.3 is 0 Å². The average Bonchev–Trinajstić information content (AvgIpc) is 2.34. The highest BCUT2D eigenvalue weighted by Crippen LogP contribution is 2.35. The second-order valence-corrected chi connectivity index (χ2v) is 5.77. The van der Waals surface area contributed by atoms with Crippen molar-refractivity contribution >= 4 is 0 Å². The van der Waals surface area contributed by atoms with Gasteiger partial charge in [0.1, 0.15) is 5.75 Å². The Balaban J connectivity index is 3.10. The van der Waals surface area contributed by atoms with E-state index < -0.39 is 0 Å². The molecule has 0 aliphatic rings. The van der Waals surface area contributed by atoms with Crippen LogP contribution in [-0.4, -0.2) is 19.7 Å². The third-order valence-corrected chi connectivity index (χ3v) is 3.38. The highest BCUT2D eigenvalue weighted by molar-refractivity contribution is 5.47. The third-order valence-electron chi connectivity index (χ3n) is 3.38. The van der Waals surface area contributed by atoms with Gasteiger partial charge in [0.2, 0.25) is 0 Å². The van der Waals surface area contributed by atoms with Crippen LogP contribution in [0.15, 0.2) is 12.1 Å². The van der Waals surface area contributed by atoms with Gasteiger partial charge in [0.05, 0.1) is 19.2 Å². The Labute approximate surface area is 116 Å². The van der Waals surface area contributed by atoms with E-state index in [-0.39, 0.29) is 11.5 Å². The predicted molar refractivity (Wildman–Crippen MR) is 78.6 cm³/mol. The van der Waals surface area contributed by atoms with Crippen molar-refractivity contribution < 1.29 is 4.74 Å². The molecule has 1 unspecified atom stereocenters. The minimum absolute atomic E-state index is 0.0891. The first-order chi connectivity index (χ1) is 8.81. The van der Waals surface area contributed by atoms with Gasteiger partial charge in [-0.2, -0.15) is 5.26 Å². The molecule has 0 amide bonds. The standard InChI is InChI=1S/C16H24N2O/c1-11-7-12(2)15(14(8-11)19-6)16(4,5)10-18-13(3)9-17/h7-8,13,18H,10H2,1-6H3. The van der Waals surface area contributed by atoms with Crippen molar-refractivity contribution in [3.63, 3.8) is 0 Å². The molecule has 0 saturated carbocycles. The Morgan fingerprint density at radius 2 is 2.00 bits per heavy atom. The molecule has 0 radical (unpaired) electrons. The van der Waals surface area contributed by atoms with Crippen molar-refractivity contribution in [2.24, 2.45) is 0 Å². The molecule has 0 heterocycles. The summed E-state index contributed by atoms with van der Waals surface area (Å²) < 4.78 is 5.53. The summed E-state index contributed by atoms with van der Waals surface area (Å²) in [4.78, 5) is 0. The molecule has 0 aromatic heterocycles. The number of aryl methyl sites for hydroxylation is 2. The van der Waals surface area contributed by atoms with Crippen LogP contribution in [0.4, 0.5) is 0 Å². The van der Waals surface area contributed by atoms with E-state index in [0.717, 1.165) is 12.3 Å². The van der Waals surface area contributed by atoms with E-state index >= 15 is 0 Å². The van der Waals surface area contributed by atoms with Crippen LogP contribution in [0.25, 0.3) is 0 Å². The molecule has 1 N–H and O–H groups in total. The van der Waals surface area contributed by atoms with Crippen LogP contribution in [0.3, 0.4) is 0 Å². The molecule has 104 valence electrons. The number of hydrogen-bond acceptors (Lipinski definition) is 3. The van der Waals surface area contributed by atoms with Gasteiger partial charge in [-0.1, -0.05) is 19.9 Å². The maximum atomic E-state index is 8.86. The lowest BCUT2D eigenvalue weighted by atomic mass is 9.80. The molecule has 0 fully saturated rings. The topological polar surface area (TPSA) is 45.0 Å². The Hall–Kier alpha value is -1.53. The molecule has 3 nitrogen and oxygen atoms in total. The Kier molecular flexibility index (Phi) is 4.97. The van der Waals surface area contributed by atoms with Crippen molar-refractivity contribution in [1.82, 2.24) is 5.32 Å². The van der Waals surface area contributed by atoms with Gasteiger partial charge in [0.15, 0.2) is 0 Å². The molecule has 3 heteroatoms. The van der Waals surface area contributed by atoms with Crippen LogP contribution in [0.1, 0.15) is 37.5 Å². The number of rotatable bonds is 5. The molecule has 1 aromatic carbocycles. The van der Waals surface area contributed by atoms with Crippen molar-refractivity contribution in [2.75, 3.05) is 13.7 Å². The fraction of sp³-hybridized carbons (Fsp3) is 0.562. The van der Waals surface area contributed by atoms with Gasteiger partial charge in [-0.3, -0.25) is 0 Å². The van der Waals surface area contributed by atoms with Gasteiger partial charge in [-0.15, -0.1) is 0 Å². The normalized spacial score (nSPS) is 12.9. The van der Waals surface area contributed by atoms with E-state index in [1.807, 2.05) is 6.92 Å². The Bertz CT molecular complexity index is 486. The van der Waals surface area contributed by atoms with E-state index in [1.54, 1.807) is 7.11 Å². The summed E-state index contributed by atoms with van der Waals surface area (Å²) in [7, 11) is 1.71. The second kappa shape index (κ2) is 6.08. The summed E-state index contributed by atoms with van der Waals surface area (Å²) in [5.41, 5.74) is 3.55. The number of methoxy groups -OCH3 is 1. The number of nitrogens with zero attached hydrogens (tertiary/aromatic N) is 1. The Morgan fingerprint density at radius 3 is 2.53 bits per heavy atom. The lowest BCUT2D eigenvalue weighted by molar-refractivity contribution is 0.382. The smallest absolute Gasteiger partial charge is 0.123 e. The van der Waals surface area contributed by atoms with E-state index in [1.165, 1.54) is 16.7 Å². The van der Waals surface area contributed by atoms with Crippen molar-refractivity contribution in [2.45, 2.75) is 46.1 Å². The minimum Gasteiger partial charge on any atom is -0.496 e. The molecule has 0 aliphatic heterocycles. The molecule has 1 aromatic rings. The summed E-state index contributed by atoms with van der Waals surface area (Å²) in [6.07, 6.45) is 0. The number of ether oxygens (including phenoxy) is 1. The van der Waals surface area contributed by atoms with Gasteiger partial charge < -0.3 is 10.1 Å². The van der Waals surface area contributed by atoms with Crippen LogP contribution < -0.4 is 10.1 Å². The first kappa shape index (κ1) is 15.5. The molecule has 0 saturated heterocycles. The number of benzene rings is 1. The first-order valence-electron chi connectivity index (χ1n) is 6.60. The zero-order chi connectivity index (χ0) is 14.6. The molecule has 0 bridgehead atoms. The molecule has 0 spiro atoms. The first-order valence-corrected chi connectivity index (χ1v) is 6.60. The SMILES string of the molecule is COc1cc(C)cc(C)c1C(C)(C)CNC(C)C#N. The summed E-state index contributed by atoms with van der Waals surface area (Å²) in [6, 6.07) is 6.30. The lowest BCUT2D eigenvalue weighted by Gasteiger charge is -2.30. The lowest BCUT2D eigenvalue weighted by Crippen LogP contribution is -2.38.